The lowest BCUT2D eigenvalue weighted by Gasteiger charge is -2.31. The zero-order valence-corrected chi connectivity index (χ0v) is 17.3. The quantitative estimate of drug-likeness (QED) is 0.700. The van der Waals surface area contributed by atoms with Crippen LogP contribution in [0.2, 0.25) is 5.02 Å². The lowest BCUT2D eigenvalue weighted by Crippen LogP contribution is -2.44. The Labute approximate surface area is 180 Å². The van der Waals surface area contributed by atoms with Crippen LogP contribution in [0.4, 0.5) is 5.69 Å². The van der Waals surface area contributed by atoms with Crippen molar-refractivity contribution in [2.24, 2.45) is 0 Å². The number of aromatic nitrogens is 2. The third-order valence-electron chi connectivity index (χ3n) is 5.72. The highest BCUT2D eigenvalue weighted by atomic mass is 35.5. The summed E-state index contributed by atoms with van der Waals surface area (Å²) in [5, 5.41) is 8.35. The molecule has 1 N–H and O–H groups in total. The van der Waals surface area contributed by atoms with Gasteiger partial charge in [-0.3, -0.25) is 4.79 Å². The highest BCUT2D eigenvalue weighted by molar-refractivity contribution is 6.30. The maximum Gasteiger partial charge on any atom is 0.316 e. The number of hydrogen-bond donors (Lipinski definition) is 1. The molecule has 0 saturated carbocycles. The Morgan fingerprint density at radius 3 is 2.47 bits per heavy atom. The van der Waals surface area contributed by atoms with E-state index in [1.54, 1.807) is 18.3 Å². The third kappa shape index (κ3) is 3.68. The van der Waals surface area contributed by atoms with Gasteiger partial charge in [-0.15, -0.1) is 0 Å². The van der Waals surface area contributed by atoms with E-state index in [-0.39, 0.29) is 11.7 Å². The summed E-state index contributed by atoms with van der Waals surface area (Å²) in [6.07, 6.45) is 3.28. The average Bonchev–Trinajstić information content (AvgIpc) is 3.18. The van der Waals surface area contributed by atoms with Gasteiger partial charge in [0.25, 0.3) is 0 Å². The summed E-state index contributed by atoms with van der Waals surface area (Å²) in [4.78, 5) is 15.7. The molecule has 1 aliphatic heterocycles. The molecular weight excluding hydrogens is 400 g/mol. The summed E-state index contributed by atoms with van der Waals surface area (Å²) in [5.41, 5.74) is 3.70. The molecule has 1 fully saturated rings. The van der Waals surface area contributed by atoms with E-state index in [0.29, 0.717) is 16.5 Å². The zero-order chi connectivity index (χ0) is 20.5. The molecule has 0 spiro atoms. The van der Waals surface area contributed by atoms with E-state index in [0.717, 1.165) is 44.7 Å². The Balaban J connectivity index is 1.54. The summed E-state index contributed by atoms with van der Waals surface area (Å²) in [6, 6.07) is 15.5. The van der Waals surface area contributed by atoms with Crippen molar-refractivity contribution in [3.8, 4) is 11.4 Å². The summed E-state index contributed by atoms with van der Waals surface area (Å²) >= 11 is 6.14. The lowest BCUT2D eigenvalue weighted by atomic mass is 10.1. The van der Waals surface area contributed by atoms with E-state index in [2.05, 4.69) is 27.4 Å². The number of nitrogens with zero attached hydrogens (tertiary/aromatic N) is 3. The molecule has 0 unspecified atom stereocenters. The first-order valence-corrected chi connectivity index (χ1v) is 10.6. The number of halogens is 1. The normalized spacial score (nSPS) is 16.5. The maximum absolute atomic E-state index is 13.5. The second-order valence-electron chi connectivity index (χ2n) is 7.71. The third-order valence-corrected chi connectivity index (χ3v) is 5.96. The number of piperazine rings is 1. The Bertz CT molecular complexity index is 1100. The first kappa shape index (κ1) is 19.2. The zero-order valence-electron chi connectivity index (χ0n) is 16.6. The highest BCUT2D eigenvalue weighted by Gasteiger charge is 2.27. The molecule has 0 atom stereocenters. The Kier molecular flexibility index (Phi) is 5.19. The molecule has 1 aromatic heterocycles. The van der Waals surface area contributed by atoms with Crippen LogP contribution in [0.25, 0.3) is 5.69 Å². The number of anilines is 1. The summed E-state index contributed by atoms with van der Waals surface area (Å²) in [5.74, 6) is 0.365. The fraction of sp³-hybridized carbons (Fsp3) is 0.304. The molecule has 7 heteroatoms. The molecule has 30 heavy (non-hydrogen) atoms. The van der Waals surface area contributed by atoms with Crippen molar-refractivity contribution < 1.29 is 4.74 Å². The predicted molar refractivity (Wildman–Crippen MR) is 118 cm³/mol. The van der Waals surface area contributed by atoms with Crippen LogP contribution in [0.3, 0.4) is 0 Å². The summed E-state index contributed by atoms with van der Waals surface area (Å²) in [7, 11) is 0. The van der Waals surface area contributed by atoms with Gasteiger partial charge in [-0.2, -0.15) is 9.78 Å². The molecule has 3 aromatic rings. The summed E-state index contributed by atoms with van der Waals surface area (Å²) < 4.78 is 7.77. The van der Waals surface area contributed by atoms with Crippen LogP contribution in [0, 0.1) is 0 Å². The molecule has 1 aliphatic carbocycles. The first-order chi connectivity index (χ1) is 14.7. The minimum Gasteiger partial charge on any atom is -0.482 e. The second kappa shape index (κ2) is 8.13. The van der Waals surface area contributed by atoms with Gasteiger partial charge in [0, 0.05) is 44.0 Å². The number of hydrogen-bond acceptors (Lipinski definition) is 5. The minimum absolute atomic E-state index is 0.0630. The van der Waals surface area contributed by atoms with Gasteiger partial charge in [-0.25, -0.2) is 0 Å². The number of nitrogens with one attached hydrogen (secondary N) is 1. The van der Waals surface area contributed by atoms with E-state index >= 15 is 0 Å². The maximum atomic E-state index is 13.5. The van der Waals surface area contributed by atoms with Crippen LogP contribution in [0.1, 0.15) is 11.1 Å². The molecule has 154 valence electrons. The highest BCUT2D eigenvalue weighted by Crippen LogP contribution is 2.30. The lowest BCUT2D eigenvalue weighted by molar-refractivity contribution is 0.209. The van der Waals surface area contributed by atoms with Crippen LogP contribution in [0.15, 0.2) is 59.5 Å². The van der Waals surface area contributed by atoms with Crippen molar-refractivity contribution in [1.29, 1.82) is 0 Å². The van der Waals surface area contributed by atoms with E-state index in [1.807, 2.05) is 24.3 Å². The molecule has 6 nitrogen and oxygen atoms in total. The van der Waals surface area contributed by atoms with Crippen molar-refractivity contribution in [1.82, 2.24) is 15.1 Å². The van der Waals surface area contributed by atoms with Crippen molar-refractivity contribution in [2.75, 3.05) is 31.1 Å². The molecule has 0 radical (unpaired) electrons. The fourth-order valence-corrected chi connectivity index (χ4v) is 4.42. The molecule has 5 rings (SSSR count). The molecular formula is C23H23ClN4O2. The van der Waals surface area contributed by atoms with Gasteiger partial charge in [-0.05, 0) is 29.3 Å². The second-order valence-corrected chi connectivity index (χ2v) is 8.15. The van der Waals surface area contributed by atoms with Crippen LogP contribution in [-0.2, 0) is 12.8 Å². The first-order valence-electron chi connectivity index (χ1n) is 10.3. The Morgan fingerprint density at radius 1 is 1.03 bits per heavy atom. The van der Waals surface area contributed by atoms with E-state index < -0.39 is 0 Å². The Hall–Kier alpha value is -2.83. The monoisotopic (exact) mass is 422 g/mol. The smallest absolute Gasteiger partial charge is 0.316 e. The average molecular weight is 423 g/mol. The van der Waals surface area contributed by atoms with Crippen LogP contribution in [-0.4, -0.2) is 42.1 Å². The number of benzene rings is 2. The van der Waals surface area contributed by atoms with Gasteiger partial charge in [0.15, 0.2) is 0 Å². The van der Waals surface area contributed by atoms with Gasteiger partial charge >= 0.3 is 5.56 Å². The van der Waals surface area contributed by atoms with E-state index in [1.165, 1.54) is 15.8 Å². The van der Waals surface area contributed by atoms with Crippen LogP contribution < -0.4 is 20.5 Å². The van der Waals surface area contributed by atoms with E-state index in [4.69, 9.17) is 16.3 Å². The Morgan fingerprint density at radius 2 is 1.77 bits per heavy atom. The summed E-state index contributed by atoms with van der Waals surface area (Å²) in [6.45, 7) is 3.35. The fourth-order valence-electron chi connectivity index (χ4n) is 4.23. The van der Waals surface area contributed by atoms with Gasteiger partial charge < -0.3 is 15.0 Å². The van der Waals surface area contributed by atoms with Crippen molar-refractivity contribution in [3.05, 3.63) is 81.2 Å². The van der Waals surface area contributed by atoms with Crippen molar-refractivity contribution >= 4 is 17.3 Å². The topological polar surface area (TPSA) is 59.4 Å². The van der Waals surface area contributed by atoms with Gasteiger partial charge in [0.2, 0.25) is 5.75 Å². The molecule has 0 amide bonds. The van der Waals surface area contributed by atoms with Gasteiger partial charge in [-0.1, -0.05) is 41.9 Å². The number of rotatable bonds is 4. The van der Waals surface area contributed by atoms with Crippen molar-refractivity contribution in [3.63, 3.8) is 0 Å². The molecule has 2 aliphatic rings. The SMILES string of the molecule is O=c1c(OC2Cc3ccccc3C2)c(N2CCNCC2)cnn1-c1cccc(Cl)c1. The molecule has 2 aromatic carbocycles. The number of ether oxygens (including phenoxy) is 1. The van der Waals surface area contributed by atoms with Crippen LogP contribution >= 0.6 is 11.6 Å². The van der Waals surface area contributed by atoms with Crippen molar-refractivity contribution in [2.45, 2.75) is 18.9 Å². The van der Waals surface area contributed by atoms with Crippen LogP contribution in [0.5, 0.6) is 5.75 Å². The predicted octanol–water partition coefficient (Wildman–Crippen LogP) is 2.84. The van der Waals surface area contributed by atoms with Gasteiger partial charge in [0.05, 0.1) is 11.9 Å². The standard InChI is InChI=1S/C23H23ClN4O2/c24-18-6-3-7-19(14-18)28-23(29)22(21(15-26-28)27-10-8-25-9-11-27)30-20-12-16-4-1-2-5-17(16)13-20/h1-7,14-15,20,25H,8-13H2. The molecule has 2 heterocycles. The van der Waals surface area contributed by atoms with Gasteiger partial charge in [0.1, 0.15) is 11.8 Å². The van der Waals surface area contributed by atoms with E-state index in [9.17, 15) is 4.79 Å². The molecule has 1 saturated heterocycles. The number of fused-ring (bicyclic) bond motifs is 1. The largest absolute Gasteiger partial charge is 0.482 e. The minimum atomic E-state index is -0.260. The molecule has 0 bridgehead atoms.